The molecule has 1 aromatic carbocycles. The number of fused-ring (bicyclic) bond motifs is 1. The number of carbonyl (C=O) groups is 1. The predicted molar refractivity (Wildman–Crippen MR) is 57.8 cm³/mol. The molecule has 0 saturated heterocycles. The highest BCUT2D eigenvalue weighted by atomic mass is 35.5. The van der Waals surface area contributed by atoms with E-state index < -0.39 is 5.54 Å². The van der Waals surface area contributed by atoms with Gasteiger partial charge in [-0.1, -0.05) is 11.6 Å². The summed E-state index contributed by atoms with van der Waals surface area (Å²) in [5.74, 6) is -0.0488. The Bertz CT molecular complexity index is 401. The Kier molecular flexibility index (Phi) is 1.93. The third-order valence-corrected chi connectivity index (χ3v) is 2.48. The molecule has 0 aliphatic carbocycles. The van der Waals surface area contributed by atoms with Gasteiger partial charge in [0.2, 0.25) is 5.91 Å². The van der Waals surface area contributed by atoms with Gasteiger partial charge in [-0.25, -0.2) is 0 Å². The van der Waals surface area contributed by atoms with Crippen molar-refractivity contribution < 1.29 is 4.79 Å². The molecular weight excluding hydrogens is 200 g/mol. The number of benzene rings is 1. The van der Waals surface area contributed by atoms with Gasteiger partial charge in [0.05, 0.1) is 11.4 Å². The first-order valence-electron chi connectivity index (χ1n) is 4.38. The van der Waals surface area contributed by atoms with E-state index >= 15 is 0 Å². The Hall–Kier alpha value is -1.22. The van der Waals surface area contributed by atoms with Crippen molar-refractivity contribution in [3.05, 3.63) is 23.2 Å². The fraction of sp³-hybridized carbons (Fsp3) is 0.300. The van der Waals surface area contributed by atoms with Crippen LogP contribution in [0.4, 0.5) is 11.4 Å². The fourth-order valence-electron chi connectivity index (χ4n) is 1.40. The SMILES string of the molecule is CC1(C)Nc2ccc(Cl)cc2NC1=O. The number of anilines is 2. The van der Waals surface area contributed by atoms with E-state index in [-0.39, 0.29) is 5.91 Å². The van der Waals surface area contributed by atoms with Gasteiger partial charge in [-0.05, 0) is 32.0 Å². The summed E-state index contributed by atoms with van der Waals surface area (Å²) in [4.78, 5) is 11.6. The van der Waals surface area contributed by atoms with Crippen LogP contribution in [0.1, 0.15) is 13.8 Å². The first-order chi connectivity index (χ1) is 6.49. The van der Waals surface area contributed by atoms with Crippen LogP contribution in [0.2, 0.25) is 5.02 Å². The Labute approximate surface area is 87.4 Å². The zero-order valence-corrected chi connectivity index (χ0v) is 8.77. The molecule has 2 N–H and O–H groups in total. The van der Waals surface area contributed by atoms with Crippen molar-refractivity contribution in [2.24, 2.45) is 0 Å². The molecule has 1 amide bonds. The molecule has 0 unspecified atom stereocenters. The molecule has 3 nitrogen and oxygen atoms in total. The average molecular weight is 211 g/mol. The smallest absolute Gasteiger partial charge is 0.249 e. The maximum absolute atomic E-state index is 11.6. The first kappa shape index (κ1) is 9.34. The van der Waals surface area contributed by atoms with Gasteiger partial charge in [0.15, 0.2) is 0 Å². The van der Waals surface area contributed by atoms with E-state index in [4.69, 9.17) is 11.6 Å². The van der Waals surface area contributed by atoms with Crippen LogP contribution in [0.15, 0.2) is 18.2 Å². The highest BCUT2D eigenvalue weighted by Gasteiger charge is 2.32. The average Bonchev–Trinajstić information content (AvgIpc) is 2.08. The summed E-state index contributed by atoms with van der Waals surface area (Å²) < 4.78 is 0. The Morgan fingerprint density at radius 3 is 2.71 bits per heavy atom. The molecule has 0 spiro atoms. The summed E-state index contributed by atoms with van der Waals surface area (Å²) in [5.41, 5.74) is 1.07. The molecule has 1 aliphatic rings. The van der Waals surface area contributed by atoms with Gasteiger partial charge in [0.25, 0.3) is 0 Å². The number of halogens is 1. The molecule has 0 radical (unpaired) electrons. The lowest BCUT2D eigenvalue weighted by molar-refractivity contribution is -0.119. The summed E-state index contributed by atoms with van der Waals surface area (Å²) in [5, 5.41) is 6.56. The lowest BCUT2D eigenvalue weighted by Gasteiger charge is -2.32. The van der Waals surface area contributed by atoms with Crippen LogP contribution in [-0.4, -0.2) is 11.4 Å². The van der Waals surface area contributed by atoms with Gasteiger partial charge in [-0.2, -0.15) is 0 Å². The second-order valence-electron chi connectivity index (χ2n) is 3.89. The van der Waals surface area contributed by atoms with E-state index in [9.17, 15) is 4.79 Å². The zero-order chi connectivity index (χ0) is 10.3. The molecular formula is C10H11ClN2O. The van der Waals surface area contributed by atoms with Crippen LogP contribution < -0.4 is 10.6 Å². The maximum atomic E-state index is 11.6. The number of hydrogen-bond donors (Lipinski definition) is 2. The minimum Gasteiger partial charge on any atom is -0.370 e. The molecule has 1 aliphatic heterocycles. The molecule has 1 aromatic rings. The van der Waals surface area contributed by atoms with E-state index in [1.807, 2.05) is 19.9 Å². The molecule has 0 aromatic heterocycles. The molecule has 1 heterocycles. The molecule has 2 rings (SSSR count). The van der Waals surface area contributed by atoms with Gasteiger partial charge in [0, 0.05) is 5.02 Å². The Morgan fingerprint density at radius 1 is 1.29 bits per heavy atom. The highest BCUT2D eigenvalue weighted by molar-refractivity contribution is 6.31. The minimum absolute atomic E-state index is 0.0488. The van der Waals surface area contributed by atoms with Crippen molar-refractivity contribution in [1.29, 1.82) is 0 Å². The number of hydrogen-bond acceptors (Lipinski definition) is 2. The van der Waals surface area contributed by atoms with Crippen LogP contribution in [0.3, 0.4) is 0 Å². The topological polar surface area (TPSA) is 41.1 Å². The van der Waals surface area contributed by atoms with Crippen molar-refractivity contribution in [2.45, 2.75) is 19.4 Å². The summed E-state index contributed by atoms with van der Waals surface area (Å²) in [6.45, 7) is 3.67. The number of amides is 1. The monoisotopic (exact) mass is 210 g/mol. The third kappa shape index (κ3) is 1.44. The molecule has 74 valence electrons. The second kappa shape index (κ2) is 2.89. The third-order valence-electron chi connectivity index (χ3n) is 2.24. The largest absolute Gasteiger partial charge is 0.370 e. The standard InChI is InChI=1S/C10H11ClN2O/c1-10(2)9(14)12-8-5-6(11)3-4-7(8)13-10/h3-5,13H,1-2H3,(H,12,14). The van der Waals surface area contributed by atoms with Crippen LogP contribution in [0.25, 0.3) is 0 Å². The summed E-state index contributed by atoms with van der Waals surface area (Å²) in [7, 11) is 0. The van der Waals surface area contributed by atoms with Crippen molar-refractivity contribution in [1.82, 2.24) is 0 Å². The van der Waals surface area contributed by atoms with Crippen molar-refractivity contribution in [3.8, 4) is 0 Å². The van der Waals surface area contributed by atoms with Gasteiger partial charge in [-0.15, -0.1) is 0 Å². The van der Waals surface area contributed by atoms with Gasteiger partial charge < -0.3 is 10.6 Å². The van der Waals surface area contributed by atoms with Crippen LogP contribution in [0, 0.1) is 0 Å². The number of nitrogens with one attached hydrogen (secondary N) is 2. The summed E-state index contributed by atoms with van der Waals surface area (Å²) >= 11 is 5.82. The van der Waals surface area contributed by atoms with Crippen LogP contribution in [0.5, 0.6) is 0 Å². The van der Waals surface area contributed by atoms with Crippen molar-refractivity contribution in [2.75, 3.05) is 10.6 Å². The first-order valence-corrected chi connectivity index (χ1v) is 4.76. The van der Waals surface area contributed by atoms with E-state index in [0.717, 1.165) is 11.4 Å². The lowest BCUT2D eigenvalue weighted by atomic mass is 10.0. The molecule has 0 bridgehead atoms. The molecule has 14 heavy (non-hydrogen) atoms. The lowest BCUT2D eigenvalue weighted by Crippen LogP contribution is -2.47. The van der Waals surface area contributed by atoms with Gasteiger partial charge >= 0.3 is 0 Å². The highest BCUT2D eigenvalue weighted by Crippen LogP contribution is 2.32. The minimum atomic E-state index is -0.569. The molecule has 4 heteroatoms. The van der Waals surface area contributed by atoms with E-state index in [2.05, 4.69) is 10.6 Å². The molecule has 0 saturated carbocycles. The Morgan fingerprint density at radius 2 is 2.00 bits per heavy atom. The van der Waals surface area contributed by atoms with Gasteiger partial charge in [-0.3, -0.25) is 4.79 Å². The normalized spacial score (nSPS) is 18.1. The molecule has 0 atom stereocenters. The molecule has 0 fully saturated rings. The number of rotatable bonds is 0. The summed E-state index contributed by atoms with van der Waals surface area (Å²) in [6, 6.07) is 5.39. The van der Waals surface area contributed by atoms with Crippen molar-refractivity contribution in [3.63, 3.8) is 0 Å². The fourth-order valence-corrected chi connectivity index (χ4v) is 1.57. The number of carbonyl (C=O) groups excluding carboxylic acids is 1. The Balaban J connectivity index is 2.46. The quantitative estimate of drug-likeness (QED) is 0.691. The van der Waals surface area contributed by atoms with E-state index in [0.29, 0.717) is 5.02 Å². The predicted octanol–water partition coefficient (Wildman–Crippen LogP) is 2.48. The van der Waals surface area contributed by atoms with Crippen molar-refractivity contribution >= 4 is 28.9 Å². The van der Waals surface area contributed by atoms with E-state index in [1.54, 1.807) is 12.1 Å². The van der Waals surface area contributed by atoms with Gasteiger partial charge in [0.1, 0.15) is 5.54 Å². The summed E-state index contributed by atoms with van der Waals surface area (Å²) in [6.07, 6.45) is 0. The van der Waals surface area contributed by atoms with Crippen LogP contribution in [-0.2, 0) is 4.79 Å². The maximum Gasteiger partial charge on any atom is 0.249 e. The second-order valence-corrected chi connectivity index (χ2v) is 4.33. The van der Waals surface area contributed by atoms with Crippen LogP contribution >= 0.6 is 11.6 Å². The van der Waals surface area contributed by atoms with E-state index in [1.165, 1.54) is 0 Å². The zero-order valence-electron chi connectivity index (χ0n) is 8.02.